The molecule has 2 aromatic rings. The summed E-state index contributed by atoms with van der Waals surface area (Å²) in [6.07, 6.45) is 6.23. The van der Waals surface area contributed by atoms with Crippen molar-refractivity contribution in [1.29, 1.82) is 0 Å². The summed E-state index contributed by atoms with van der Waals surface area (Å²) in [5.41, 5.74) is 1.69. The van der Waals surface area contributed by atoms with E-state index in [-0.39, 0.29) is 5.92 Å². The van der Waals surface area contributed by atoms with Gasteiger partial charge in [-0.3, -0.25) is 4.79 Å². The van der Waals surface area contributed by atoms with E-state index < -0.39 is 0 Å². The number of fused-ring (bicyclic) bond motifs is 3. The number of rotatable bonds is 2. The van der Waals surface area contributed by atoms with Gasteiger partial charge in [-0.05, 0) is 57.0 Å². The standard InChI is InChI=1S/C17H19NO2/c1-18-14-3-4-15(18)10-13(9-14)17(19)12-2-5-16-11(8-12)6-7-20-16/h2,5-8,13-15H,3-4,9-10H2,1H3. The fourth-order valence-corrected chi connectivity index (χ4v) is 3.98. The SMILES string of the molecule is CN1C2CCC1CC(C(=O)c1ccc3occc3c1)C2. The number of benzene rings is 1. The molecule has 0 saturated carbocycles. The Morgan fingerprint density at radius 2 is 1.95 bits per heavy atom. The van der Waals surface area contributed by atoms with Crippen LogP contribution in [0.1, 0.15) is 36.0 Å². The summed E-state index contributed by atoms with van der Waals surface area (Å²) < 4.78 is 5.34. The molecule has 0 spiro atoms. The van der Waals surface area contributed by atoms with Gasteiger partial charge in [0.1, 0.15) is 5.58 Å². The zero-order valence-corrected chi connectivity index (χ0v) is 11.7. The normalized spacial score (nSPS) is 29.9. The molecule has 104 valence electrons. The Hall–Kier alpha value is -1.61. The molecule has 0 radical (unpaired) electrons. The first kappa shape index (κ1) is 12.2. The van der Waals surface area contributed by atoms with Gasteiger partial charge in [0.2, 0.25) is 0 Å². The van der Waals surface area contributed by atoms with Gasteiger partial charge in [0, 0.05) is 29.0 Å². The highest BCUT2D eigenvalue weighted by Crippen LogP contribution is 2.38. The van der Waals surface area contributed by atoms with Gasteiger partial charge in [0.25, 0.3) is 0 Å². The van der Waals surface area contributed by atoms with Gasteiger partial charge in [0.05, 0.1) is 6.26 Å². The monoisotopic (exact) mass is 269 g/mol. The Bertz CT molecular complexity index is 646. The van der Waals surface area contributed by atoms with Crippen LogP contribution < -0.4 is 0 Å². The van der Waals surface area contributed by atoms with E-state index in [9.17, 15) is 4.79 Å². The van der Waals surface area contributed by atoms with E-state index in [4.69, 9.17) is 4.42 Å². The van der Waals surface area contributed by atoms with Crippen LogP contribution in [0, 0.1) is 5.92 Å². The van der Waals surface area contributed by atoms with Gasteiger partial charge in [0.15, 0.2) is 5.78 Å². The van der Waals surface area contributed by atoms with Gasteiger partial charge < -0.3 is 9.32 Å². The molecule has 3 heterocycles. The zero-order chi connectivity index (χ0) is 13.7. The van der Waals surface area contributed by atoms with Gasteiger partial charge in [-0.15, -0.1) is 0 Å². The fourth-order valence-electron chi connectivity index (χ4n) is 3.98. The number of carbonyl (C=O) groups is 1. The summed E-state index contributed by atoms with van der Waals surface area (Å²) in [5, 5.41) is 1.02. The summed E-state index contributed by atoms with van der Waals surface area (Å²) in [6.45, 7) is 0. The number of furan rings is 1. The Kier molecular flexibility index (Phi) is 2.71. The quantitative estimate of drug-likeness (QED) is 0.782. The van der Waals surface area contributed by atoms with Crippen molar-refractivity contribution in [1.82, 2.24) is 4.90 Å². The van der Waals surface area contributed by atoms with Crippen LogP contribution in [0.15, 0.2) is 34.9 Å². The second-order valence-corrected chi connectivity index (χ2v) is 6.26. The maximum Gasteiger partial charge on any atom is 0.166 e. The van der Waals surface area contributed by atoms with Crippen LogP contribution in [-0.2, 0) is 0 Å². The van der Waals surface area contributed by atoms with E-state index in [0.717, 1.165) is 29.4 Å². The predicted molar refractivity (Wildman–Crippen MR) is 77.8 cm³/mol. The average molecular weight is 269 g/mol. The number of hydrogen-bond donors (Lipinski definition) is 0. The second kappa shape index (κ2) is 4.45. The van der Waals surface area contributed by atoms with Crippen molar-refractivity contribution in [2.24, 2.45) is 5.92 Å². The number of nitrogens with zero attached hydrogens (tertiary/aromatic N) is 1. The van der Waals surface area contributed by atoms with Gasteiger partial charge in [-0.1, -0.05) is 0 Å². The van der Waals surface area contributed by atoms with E-state index in [1.54, 1.807) is 6.26 Å². The smallest absolute Gasteiger partial charge is 0.166 e. The minimum Gasteiger partial charge on any atom is -0.464 e. The molecule has 1 aromatic carbocycles. The summed E-state index contributed by atoms with van der Waals surface area (Å²) in [6, 6.07) is 8.94. The summed E-state index contributed by atoms with van der Waals surface area (Å²) >= 11 is 0. The Morgan fingerprint density at radius 3 is 2.70 bits per heavy atom. The first-order chi connectivity index (χ1) is 9.72. The number of piperidine rings is 1. The molecule has 20 heavy (non-hydrogen) atoms. The topological polar surface area (TPSA) is 33.5 Å². The highest BCUT2D eigenvalue weighted by Gasteiger charge is 2.40. The Morgan fingerprint density at radius 1 is 1.20 bits per heavy atom. The number of ketones is 1. The van der Waals surface area contributed by atoms with E-state index in [2.05, 4.69) is 11.9 Å². The largest absolute Gasteiger partial charge is 0.464 e. The summed E-state index contributed by atoms with van der Waals surface area (Å²) in [4.78, 5) is 15.2. The Labute approximate surface area is 118 Å². The van der Waals surface area contributed by atoms with E-state index >= 15 is 0 Å². The first-order valence-corrected chi connectivity index (χ1v) is 7.46. The van der Waals surface area contributed by atoms with Gasteiger partial charge in [-0.2, -0.15) is 0 Å². The lowest BCUT2D eigenvalue weighted by molar-refractivity contribution is 0.0767. The molecule has 2 aliphatic rings. The third-order valence-electron chi connectivity index (χ3n) is 5.21. The molecule has 4 rings (SSSR count). The van der Waals surface area contributed by atoms with Crippen molar-refractivity contribution < 1.29 is 9.21 Å². The molecule has 0 amide bonds. The van der Waals surface area contributed by atoms with Crippen LogP contribution in [0.25, 0.3) is 11.0 Å². The van der Waals surface area contributed by atoms with Crippen molar-refractivity contribution >= 4 is 16.8 Å². The molecule has 1 aromatic heterocycles. The van der Waals surface area contributed by atoms with Crippen LogP contribution >= 0.6 is 0 Å². The highest BCUT2D eigenvalue weighted by molar-refractivity contribution is 6.00. The third kappa shape index (κ3) is 1.80. The molecule has 3 heteroatoms. The minimum atomic E-state index is 0.202. The van der Waals surface area contributed by atoms with Crippen LogP contribution in [0.5, 0.6) is 0 Å². The molecule has 2 bridgehead atoms. The number of carbonyl (C=O) groups excluding carboxylic acids is 1. The van der Waals surface area contributed by atoms with E-state index in [1.807, 2.05) is 24.3 Å². The highest BCUT2D eigenvalue weighted by atomic mass is 16.3. The van der Waals surface area contributed by atoms with Crippen LogP contribution in [-0.4, -0.2) is 29.8 Å². The lowest BCUT2D eigenvalue weighted by Gasteiger charge is -2.35. The molecule has 2 aliphatic heterocycles. The van der Waals surface area contributed by atoms with E-state index in [1.165, 1.54) is 12.8 Å². The Balaban J connectivity index is 1.60. The molecule has 2 fully saturated rings. The van der Waals surface area contributed by atoms with E-state index in [0.29, 0.717) is 17.9 Å². The maximum atomic E-state index is 12.7. The van der Waals surface area contributed by atoms with Crippen LogP contribution in [0.2, 0.25) is 0 Å². The van der Waals surface area contributed by atoms with Gasteiger partial charge >= 0.3 is 0 Å². The predicted octanol–water partition coefficient (Wildman–Crippen LogP) is 3.49. The lowest BCUT2D eigenvalue weighted by Crippen LogP contribution is -2.42. The molecule has 3 nitrogen and oxygen atoms in total. The molecule has 0 N–H and O–H groups in total. The van der Waals surface area contributed by atoms with Crippen molar-refractivity contribution in [3.05, 3.63) is 36.1 Å². The molecular formula is C17H19NO2. The van der Waals surface area contributed by atoms with Gasteiger partial charge in [-0.25, -0.2) is 0 Å². The zero-order valence-electron chi connectivity index (χ0n) is 11.7. The first-order valence-electron chi connectivity index (χ1n) is 7.46. The molecule has 2 saturated heterocycles. The molecule has 0 aliphatic carbocycles. The number of hydrogen-bond acceptors (Lipinski definition) is 3. The number of Topliss-reactive ketones (excluding diaryl/α,β-unsaturated/α-hetero) is 1. The molecular weight excluding hydrogens is 250 g/mol. The third-order valence-corrected chi connectivity index (χ3v) is 5.21. The lowest BCUT2D eigenvalue weighted by atomic mass is 9.85. The van der Waals surface area contributed by atoms with Crippen molar-refractivity contribution in [3.8, 4) is 0 Å². The second-order valence-electron chi connectivity index (χ2n) is 6.26. The van der Waals surface area contributed by atoms with Crippen LogP contribution in [0.3, 0.4) is 0 Å². The average Bonchev–Trinajstić information content (AvgIpc) is 2.98. The summed E-state index contributed by atoms with van der Waals surface area (Å²) in [5.74, 6) is 0.520. The fraction of sp³-hybridized carbons (Fsp3) is 0.471. The molecule has 2 unspecified atom stereocenters. The van der Waals surface area contributed by atoms with Crippen molar-refractivity contribution in [2.45, 2.75) is 37.8 Å². The minimum absolute atomic E-state index is 0.202. The van der Waals surface area contributed by atoms with Crippen molar-refractivity contribution in [2.75, 3.05) is 7.05 Å². The van der Waals surface area contributed by atoms with Crippen LogP contribution in [0.4, 0.5) is 0 Å². The van der Waals surface area contributed by atoms with Crippen molar-refractivity contribution in [3.63, 3.8) is 0 Å². The maximum absolute atomic E-state index is 12.7. The molecule has 2 atom stereocenters. The summed E-state index contributed by atoms with van der Waals surface area (Å²) in [7, 11) is 2.21.